The van der Waals surface area contributed by atoms with Gasteiger partial charge in [-0.05, 0) is 12.3 Å². The summed E-state index contributed by atoms with van der Waals surface area (Å²) in [4.78, 5) is 2.66. The van der Waals surface area contributed by atoms with E-state index in [4.69, 9.17) is 5.73 Å². The van der Waals surface area contributed by atoms with Crippen LogP contribution >= 0.6 is 11.8 Å². The van der Waals surface area contributed by atoms with E-state index in [0.717, 1.165) is 17.7 Å². The van der Waals surface area contributed by atoms with Gasteiger partial charge in [0.2, 0.25) is 0 Å². The first-order chi connectivity index (χ1) is 7.76. The van der Waals surface area contributed by atoms with E-state index < -0.39 is 0 Å². The first-order valence-corrected chi connectivity index (χ1v) is 7.87. The van der Waals surface area contributed by atoms with Crippen molar-refractivity contribution in [1.82, 2.24) is 4.90 Å². The Morgan fingerprint density at radius 3 is 2.50 bits per heavy atom. The number of nitrogens with two attached hydrogens (primary N) is 1. The fourth-order valence-electron chi connectivity index (χ4n) is 2.76. The second kappa shape index (κ2) is 7.57. The second-order valence-electron chi connectivity index (χ2n) is 4.78. The maximum atomic E-state index is 5.99. The SMILES string of the molecule is CCC1CN(C(CN)C(CC)CC)CCS1. The van der Waals surface area contributed by atoms with E-state index in [1.807, 2.05) is 0 Å². The van der Waals surface area contributed by atoms with Crippen LogP contribution in [0.2, 0.25) is 0 Å². The second-order valence-corrected chi connectivity index (χ2v) is 6.18. The van der Waals surface area contributed by atoms with Gasteiger partial charge in [0.1, 0.15) is 0 Å². The number of nitrogens with zero attached hydrogens (tertiary/aromatic N) is 1. The third-order valence-electron chi connectivity index (χ3n) is 3.93. The highest BCUT2D eigenvalue weighted by Gasteiger charge is 2.28. The van der Waals surface area contributed by atoms with Crippen molar-refractivity contribution in [2.24, 2.45) is 11.7 Å². The summed E-state index contributed by atoms with van der Waals surface area (Å²) in [6.07, 6.45) is 3.82. The molecule has 1 rings (SSSR count). The van der Waals surface area contributed by atoms with Crippen molar-refractivity contribution in [3.05, 3.63) is 0 Å². The molecule has 2 nitrogen and oxygen atoms in total. The Morgan fingerprint density at radius 1 is 1.31 bits per heavy atom. The molecular formula is C13H28N2S. The number of hydrogen-bond donors (Lipinski definition) is 1. The van der Waals surface area contributed by atoms with Gasteiger partial charge < -0.3 is 5.73 Å². The molecule has 1 aliphatic rings. The lowest BCUT2D eigenvalue weighted by atomic mass is 9.92. The van der Waals surface area contributed by atoms with Crippen LogP contribution in [0.5, 0.6) is 0 Å². The summed E-state index contributed by atoms with van der Waals surface area (Å²) in [7, 11) is 0. The Hall–Kier alpha value is 0.270. The van der Waals surface area contributed by atoms with Crippen LogP contribution < -0.4 is 5.73 Å². The summed E-state index contributed by atoms with van der Waals surface area (Å²) in [5.74, 6) is 2.07. The summed E-state index contributed by atoms with van der Waals surface area (Å²) in [6.45, 7) is 10.2. The topological polar surface area (TPSA) is 29.3 Å². The predicted molar refractivity (Wildman–Crippen MR) is 75.0 cm³/mol. The molecular weight excluding hydrogens is 216 g/mol. The molecule has 1 aliphatic heterocycles. The molecule has 0 aromatic rings. The molecule has 0 aliphatic carbocycles. The fraction of sp³-hybridized carbons (Fsp3) is 1.00. The largest absolute Gasteiger partial charge is 0.329 e. The molecule has 3 heteroatoms. The van der Waals surface area contributed by atoms with Gasteiger partial charge in [-0.25, -0.2) is 0 Å². The average Bonchev–Trinajstić information content (AvgIpc) is 2.35. The van der Waals surface area contributed by atoms with E-state index in [-0.39, 0.29) is 0 Å². The maximum Gasteiger partial charge on any atom is 0.0247 e. The quantitative estimate of drug-likeness (QED) is 0.779. The Balaban J connectivity index is 2.57. The van der Waals surface area contributed by atoms with Crippen molar-refractivity contribution in [2.45, 2.75) is 51.3 Å². The molecule has 0 aromatic carbocycles. The molecule has 2 N–H and O–H groups in total. The molecule has 0 radical (unpaired) electrons. The van der Waals surface area contributed by atoms with Crippen molar-refractivity contribution in [3.63, 3.8) is 0 Å². The van der Waals surface area contributed by atoms with Crippen molar-refractivity contribution < 1.29 is 0 Å². The van der Waals surface area contributed by atoms with Gasteiger partial charge in [0.05, 0.1) is 0 Å². The molecule has 1 fully saturated rings. The number of rotatable bonds is 6. The van der Waals surface area contributed by atoms with Crippen LogP contribution in [-0.4, -0.2) is 41.6 Å². The monoisotopic (exact) mass is 244 g/mol. The minimum Gasteiger partial charge on any atom is -0.329 e. The highest BCUT2D eigenvalue weighted by Crippen LogP contribution is 2.26. The summed E-state index contributed by atoms with van der Waals surface area (Å²) in [5, 5.41) is 0.831. The lowest BCUT2D eigenvalue weighted by Gasteiger charge is -2.40. The summed E-state index contributed by atoms with van der Waals surface area (Å²) in [5.41, 5.74) is 5.99. The third-order valence-corrected chi connectivity index (χ3v) is 5.30. The normalized spacial score (nSPS) is 24.9. The molecule has 2 atom stereocenters. The summed E-state index contributed by atoms with van der Waals surface area (Å²) >= 11 is 2.14. The predicted octanol–water partition coefficient (Wildman–Crippen LogP) is 2.58. The van der Waals surface area contributed by atoms with E-state index in [0.29, 0.717) is 6.04 Å². The molecule has 0 amide bonds. The van der Waals surface area contributed by atoms with Gasteiger partial charge >= 0.3 is 0 Å². The van der Waals surface area contributed by atoms with Gasteiger partial charge in [0.15, 0.2) is 0 Å². The smallest absolute Gasteiger partial charge is 0.0247 e. The van der Waals surface area contributed by atoms with E-state index in [9.17, 15) is 0 Å². The van der Waals surface area contributed by atoms with Crippen LogP contribution in [0.25, 0.3) is 0 Å². The standard InChI is InChI=1S/C13H28N2S/c1-4-11(5-2)13(9-14)15-7-8-16-12(6-3)10-15/h11-13H,4-10,14H2,1-3H3. The maximum absolute atomic E-state index is 5.99. The highest BCUT2D eigenvalue weighted by molar-refractivity contribution is 8.00. The van der Waals surface area contributed by atoms with Gasteiger partial charge in [-0.15, -0.1) is 0 Å². The van der Waals surface area contributed by atoms with Gasteiger partial charge in [-0.3, -0.25) is 4.90 Å². The number of hydrogen-bond acceptors (Lipinski definition) is 3. The van der Waals surface area contributed by atoms with Gasteiger partial charge in [-0.2, -0.15) is 11.8 Å². The summed E-state index contributed by atoms with van der Waals surface area (Å²) < 4.78 is 0. The zero-order valence-electron chi connectivity index (χ0n) is 11.1. The Morgan fingerprint density at radius 2 is 2.00 bits per heavy atom. The van der Waals surface area contributed by atoms with E-state index in [1.165, 1.54) is 38.1 Å². The first-order valence-electron chi connectivity index (χ1n) is 6.82. The third kappa shape index (κ3) is 3.64. The molecule has 16 heavy (non-hydrogen) atoms. The molecule has 0 saturated carbocycles. The van der Waals surface area contributed by atoms with Crippen LogP contribution in [0.4, 0.5) is 0 Å². The zero-order valence-corrected chi connectivity index (χ0v) is 11.9. The van der Waals surface area contributed by atoms with Crippen molar-refractivity contribution in [3.8, 4) is 0 Å². The summed E-state index contributed by atoms with van der Waals surface area (Å²) in [6, 6.07) is 0.616. The molecule has 0 bridgehead atoms. The molecule has 96 valence electrons. The average molecular weight is 244 g/mol. The first kappa shape index (κ1) is 14.3. The van der Waals surface area contributed by atoms with Crippen molar-refractivity contribution >= 4 is 11.8 Å². The highest BCUT2D eigenvalue weighted by atomic mass is 32.2. The molecule has 0 aromatic heterocycles. The molecule has 0 spiro atoms. The van der Waals surface area contributed by atoms with E-state index >= 15 is 0 Å². The lowest BCUT2D eigenvalue weighted by Crippen LogP contribution is -2.50. The zero-order chi connectivity index (χ0) is 12.0. The van der Waals surface area contributed by atoms with Crippen molar-refractivity contribution in [1.29, 1.82) is 0 Å². The minimum atomic E-state index is 0.616. The molecule has 2 unspecified atom stereocenters. The van der Waals surface area contributed by atoms with Crippen molar-refractivity contribution in [2.75, 3.05) is 25.4 Å². The van der Waals surface area contributed by atoms with Gasteiger partial charge in [-0.1, -0.05) is 33.6 Å². The van der Waals surface area contributed by atoms with E-state index in [2.05, 4.69) is 37.4 Å². The Bertz CT molecular complexity index is 183. The number of thioether (sulfide) groups is 1. The molecule has 1 heterocycles. The Labute approximate surface area is 105 Å². The Kier molecular flexibility index (Phi) is 6.78. The molecule has 1 saturated heterocycles. The van der Waals surface area contributed by atoms with Crippen LogP contribution in [0.15, 0.2) is 0 Å². The fourth-order valence-corrected chi connectivity index (χ4v) is 3.97. The lowest BCUT2D eigenvalue weighted by molar-refractivity contribution is 0.143. The van der Waals surface area contributed by atoms with Gasteiger partial charge in [0, 0.05) is 36.7 Å². The minimum absolute atomic E-state index is 0.616. The van der Waals surface area contributed by atoms with Crippen LogP contribution in [-0.2, 0) is 0 Å². The van der Waals surface area contributed by atoms with Crippen LogP contribution in [0.1, 0.15) is 40.0 Å². The van der Waals surface area contributed by atoms with Crippen LogP contribution in [0.3, 0.4) is 0 Å². The van der Waals surface area contributed by atoms with E-state index in [1.54, 1.807) is 0 Å². The van der Waals surface area contributed by atoms with Crippen LogP contribution in [0, 0.1) is 5.92 Å². The van der Waals surface area contributed by atoms with Gasteiger partial charge in [0.25, 0.3) is 0 Å².